The predicted octanol–water partition coefficient (Wildman–Crippen LogP) is 9.41. The minimum Gasteiger partial charge on any atom is -0.452 e. The number of rotatable bonds is 4. The van der Waals surface area contributed by atoms with E-state index in [0.29, 0.717) is 11.4 Å². The summed E-state index contributed by atoms with van der Waals surface area (Å²) in [5, 5.41) is 0.982. The zero-order valence-corrected chi connectivity index (χ0v) is 23.6. The summed E-state index contributed by atoms with van der Waals surface area (Å²) in [7, 11) is 0. The van der Waals surface area contributed by atoms with E-state index < -0.39 is 0 Å². The van der Waals surface area contributed by atoms with Gasteiger partial charge in [-0.1, -0.05) is 109 Å². The summed E-state index contributed by atoms with van der Waals surface area (Å²) in [6, 6.07) is 43.7. The van der Waals surface area contributed by atoms with Crippen molar-refractivity contribution >= 4 is 22.1 Å². The van der Waals surface area contributed by atoms with E-state index in [1.807, 2.05) is 48.5 Å². The molecule has 0 saturated carbocycles. The van der Waals surface area contributed by atoms with Crippen molar-refractivity contribution in [2.24, 2.45) is 0 Å². The molecule has 8 aromatic rings. The number of aromatic nitrogens is 4. The van der Waals surface area contributed by atoms with Gasteiger partial charge in [-0.2, -0.15) is 0 Å². The molecule has 0 saturated heterocycles. The lowest BCUT2D eigenvalue weighted by Gasteiger charge is -2.10. The fourth-order valence-electron chi connectivity index (χ4n) is 6.33. The largest absolute Gasteiger partial charge is 0.452 e. The van der Waals surface area contributed by atoms with Crippen LogP contribution in [0.1, 0.15) is 11.1 Å². The SMILES string of the molecule is c1ccc(-c2nc(-c3ccc(-c4cccc(-c5ncnc6c5Cc5ccccc5-6)c4)cc3)c3oc4ccccc4c3n2)cc1. The first-order valence-corrected chi connectivity index (χ1v) is 14.7. The minimum absolute atomic E-state index is 0.677. The van der Waals surface area contributed by atoms with Crippen LogP contribution in [-0.4, -0.2) is 19.9 Å². The second kappa shape index (κ2) is 9.82. The lowest BCUT2D eigenvalue weighted by atomic mass is 9.97. The van der Waals surface area contributed by atoms with E-state index in [-0.39, 0.29) is 0 Å². The van der Waals surface area contributed by atoms with Gasteiger partial charge < -0.3 is 4.42 Å². The Morgan fingerprint density at radius 2 is 1.25 bits per heavy atom. The molecule has 9 rings (SSSR count). The molecule has 0 bridgehead atoms. The predicted molar refractivity (Wildman–Crippen MR) is 175 cm³/mol. The van der Waals surface area contributed by atoms with E-state index in [4.69, 9.17) is 19.4 Å². The van der Waals surface area contributed by atoms with Crippen LogP contribution >= 0.6 is 0 Å². The van der Waals surface area contributed by atoms with Crippen LogP contribution in [0.5, 0.6) is 0 Å². The molecule has 1 aliphatic rings. The number of fused-ring (bicyclic) bond motifs is 6. The van der Waals surface area contributed by atoms with Crippen molar-refractivity contribution in [3.8, 4) is 56.3 Å². The van der Waals surface area contributed by atoms with Crippen molar-refractivity contribution in [3.05, 3.63) is 145 Å². The second-order valence-electron chi connectivity index (χ2n) is 11.1. The molecular weight excluding hydrogens is 540 g/mol. The zero-order chi connectivity index (χ0) is 29.0. The van der Waals surface area contributed by atoms with Crippen molar-refractivity contribution in [1.29, 1.82) is 0 Å². The van der Waals surface area contributed by atoms with E-state index >= 15 is 0 Å². The average Bonchev–Trinajstić information content (AvgIpc) is 3.67. The van der Waals surface area contributed by atoms with Gasteiger partial charge in [0.05, 0.1) is 11.4 Å². The first kappa shape index (κ1) is 24.6. The Hall–Kier alpha value is -5.94. The summed E-state index contributed by atoms with van der Waals surface area (Å²) < 4.78 is 6.33. The molecular formula is C39H24N4O. The van der Waals surface area contributed by atoms with Gasteiger partial charge in [0.15, 0.2) is 11.4 Å². The van der Waals surface area contributed by atoms with Crippen molar-refractivity contribution in [2.45, 2.75) is 6.42 Å². The van der Waals surface area contributed by atoms with Crippen LogP contribution in [-0.2, 0) is 6.42 Å². The fourth-order valence-corrected chi connectivity index (χ4v) is 6.33. The summed E-state index contributed by atoms with van der Waals surface area (Å²) in [6.07, 6.45) is 2.53. The van der Waals surface area contributed by atoms with Gasteiger partial charge in [0.25, 0.3) is 0 Å². The molecule has 0 amide bonds. The molecule has 5 nitrogen and oxygen atoms in total. The summed E-state index contributed by atoms with van der Waals surface area (Å²) in [5.41, 5.74) is 14.1. The molecule has 0 unspecified atom stereocenters. The monoisotopic (exact) mass is 564 g/mol. The van der Waals surface area contributed by atoms with Crippen molar-refractivity contribution in [3.63, 3.8) is 0 Å². The summed E-state index contributed by atoms with van der Waals surface area (Å²) in [5.74, 6) is 0.677. The van der Waals surface area contributed by atoms with Crippen LogP contribution in [0.3, 0.4) is 0 Å². The van der Waals surface area contributed by atoms with Gasteiger partial charge in [0.1, 0.15) is 23.1 Å². The van der Waals surface area contributed by atoms with Crippen LogP contribution in [0.25, 0.3) is 78.4 Å². The molecule has 0 spiro atoms. The standard InChI is InChI=1S/C39H24N4O/c1-2-9-26(10-3-1)39-42-35(38-37(43-39)31-15-6-7-16-33(31)44-38)25-19-17-24(18-20-25)27-12-8-13-29(21-27)34-32-22-28-11-4-5-14-30(28)36(32)41-23-40-34/h1-21,23H,22H2. The van der Waals surface area contributed by atoms with Crippen LogP contribution in [0.4, 0.5) is 0 Å². The first-order chi connectivity index (χ1) is 21.8. The van der Waals surface area contributed by atoms with Crippen molar-refractivity contribution in [1.82, 2.24) is 19.9 Å². The lowest BCUT2D eigenvalue weighted by Crippen LogP contribution is -1.95. The van der Waals surface area contributed by atoms with E-state index in [2.05, 4.69) is 83.8 Å². The Kier molecular flexibility index (Phi) is 5.50. The van der Waals surface area contributed by atoms with Gasteiger partial charge >= 0.3 is 0 Å². The highest BCUT2D eigenvalue weighted by molar-refractivity contribution is 6.07. The number of para-hydroxylation sites is 1. The third-order valence-electron chi connectivity index (χ3n) is 8.46. The number of hydrogen-bond acceptors (Lipinski definition) is 5. The Balaban J connectivity index is 1.12. The Morgan fingerprint density at radius 1 is 0.523 bits per heavy atom. The molecule has 5 aromatic carbocycles. The first-order valence-electron chi connectivity index (χ1n) is 14.7. The molecule has 5 heteroatoms. The highest BCUT2D eigenvalue weighted by Gasteiger charge is 2.24. The van der Waals surface area contributed by atoms with E-state index in [9.17, 15) is 0 Å². The molecule has 206 valence electrons. The van der Waals surface area contributed by atoms with Crippen LogP contribution in [0, 0.1) is 0 Å². The summed E-state index contributed by atoms with van der Waals surface area (Å²) in [6.45, 7) is 0. The van der Waals surface area contributed by atoms with Gasteiger partial charge in [-0.3, -0.25) is 0 Å². The maximum Gasteiger partial charge on any atom is 0.180 e. The molecule has 0 atom stereocenters. The Labute approximate surface area is 253 Å². The van der Waals surface area contributed by atoms with Crippen LogP contribution in [0.15, 0.2) is 138 Å². The molecule has 3 aromatic heterocycles. The second-order valence-corrected chi connectivity index (χ2v) is 11.1. The molecule has 0 aliphatic heterocycles. The normalized spacial score (nSPS) is 12.0. The highest BCUT2D eigenvalue weighted by atomic mass is 16.3. The van der Waals surface area contributed by atoms with Crippen LogP contribution < -0.4 is 0 Å². The third kappa shape index (κ3) is 3.94. The molecule has 0 N–H and O–H groups in total. The maximum absolute atomic E-state index is 6.33. The minimum atomic E-state index is 0.677. The molecule has 1 aliphatic carbocycles. The number of benzene rings is 5. The van der Waals surface area contributed by atoms with Gasteiger partial charge in [0.2, 0.25) is 0 Å². The van der Waals surface area contributed by atoms with Crippen LogP contribution in [0.2, 0.25) is 0 Å². The summed E-state index contributed by atoms with van der Waals surface area (Å²) in [4.78, 5) is 19.3. The maximum atomic E-state index is 6.33. The van der Waals surface area contributed by atoms with Crippen molar-refractivity contribution in [2.75, 3.05) is 0 Å². The number of furan rings is 1. The van der Waals surface area contributed by atoms with Gasteiger partial charge in [0, 0.05) is 39.6 Å². The molecule has 3 heterocycles. The molecule has 0 fully saturated rings. The molecule has 0 radical (unpaired) electrons. The number of nitrogens with zero attached hydrogens (tertiary/aromatic N) is 4. The zero-order valence-electron chi connectivity index (χ0n) is 23.6. The average molecular weight is 565 g/mol. The quantitative estimate of drug-likeness (QED) is 0.213. The van der Waals surface area contributed by atoms with E-state index in [0.717, 1.165) is 67.8 Å². The Bertz CT molecular complexity index is 2360. The van der Waals surface area contributed by atoms with E-state index in [1.54, 1.807) is 6.33 Å². The Morgan fingerprint density at radius 3 is 2.16 bits per heavy atom. The number of hydrogen-bond donors (Lipinski definition) is 0. The van der Waals surface area contributed by atoms with E-state index in [1.165, 1.54) is 16.7 Å². The lowest BCUT2D eigenvalue weighted by molar-refractivity contribution is 0.667. The van der Waals surface area contributed by atoms with Crippen molar-refractivity contribution < 1.29 is 4.42 Å². The van der Waals surface area contributed by atoms with Gasteiger partial charge in [-0.25, -0.2) is 19.9 Å². The smallest absolute Gasteiger partial charge is 0.180 e. The summed E-state index contributed by atoms with van der Waals surface area (Å²) >= 11 is 0. The topological polar surface area (TPSA) is 64.7 Å². The van der Waals surface area contributed by atoms with Gasteiger partial charge in [-0.05, 0) is 34.9 Å². The highest BCUT2D eigenvalue weighted by Crippen LogP contribution is 2.40. The fraction of sp³-hybridized carbons (Fsp3) is 0.0256. The van der Waals surface area contributed by atoms with Gasteiger partial charge in [-0.15, -0.1) is 0 Å². The third-order valence-corrected chi connectivity index (χ3v) is 8.46. The molecule has 44 heavy (non-hydrogen) atoms.